The van der Waals surface area contributed by atoms with Gasteiger partial charge in [0.25, 0.3) is 0 Å². The average molecular weight is 245 g/mol. The standard InChI is InChI=1S/C13H27NO3/c1-3-13(11-14-12-5-6-12)17-10-9-16-8-4-7-15-2/h12-14H,3-11H2,1-2H3. The third-order valence-electron chi connectivity index (χ3n) is 2.89. The zero-order valence-corrected chi connectivity index (χ0v) is 11.2. The van der Waals surface area contributed by atoms with E-state index in [4.69, 9.17) is 14.2 Å². The van der Waals surface area contributed by atoms with Crippen LogP contribution in [0.1, 0.15) is 32.6 Å². The van der Waals surface area contributed by atoms with Gasteiger partial charge in [-0.3, -0.25) is 0 Å². The monoisotopic (exact) mass is 245 g/mol. The number of nitrogens with one attached hydrogen (secondary N) is 1. The molecule has 0 spiro atoms. The summed E-state index contributed by atoms with van der Waals surface area (Å²) in [4.78, 5) is 0. The Morgan fingerprint density at radius 3 is 2.65 bits per heavy atom. The number of methoxy groups -OCH3 is 1. The van der Waals surface area contributed by atoms with Crippen molar-refractivity contribution in [2.75, 3.05) is 40.1 Å². The maximum Gasteiger partial charge on any atom is 0.0704 e. The van der Waals surface area contributed by atoms with Crippen molar-refractivity contribution in [3.05, 3.63) is 0 Å². The summed E-state index contributed by atoms with van der Waals surface area (Å²) in [5, 5.41) is 3.49. The molecular weight excluding hydrogens is 218 g/mol. The van der Waals surface area contributed by atoms with Gasteiger partial charge in [0.05, 0.1) is 19.3 Å². The molecule has 102 valence electrons. The Morgan fingerprint density at radius 1 is 1.18 bits per heavy atom. The second-order valence-electron chi connectivity index (χ2n) is 4.54. The molecule has 1 aliphatic rings. The lowest BCUT2D eigenvalue weighted by Crippen LogP contribution is -2.31. The summed E-state index contributed by atoms with van der Waals surface area (Å²) < 4.78 is 16.1. The maximum atomic E-state index is 5.76. The smallest absolute Gasteiger partial charge is 0.0704 e. The van der Waals surface area contributed by atoms with E-state index in [0.29, 0.717) is 19.3 Å². The van der Waals surface area contributed by atoms with Gasteiger partial charge in [-0.15, -0.1) is 0 Å². The van der Waals surface area contributed by atoms with E-state index in [-0.39, 0.29) is 0 Å². The molecule has 0 radical (unpaired) electrons. The summed E-state index contributed by atoms with van der Waals surface area (Å²) in [5.74, 6) is 0. The molecule has 0 amide bonds. The lowest BCUT2D eigenvalue weighted by molar-refractivity contribution is 0.000421. The molecule has 0 heterocycles. The van der Waals surface area contributed by atoms with E-state index in [1.807, 2.05) is 0 Å². The average Bonchev–Trinajstić information content (AvgIpc) is 3.16. The SMILES string of the molecule is CCC(CNC1CC1)OCCOCCCOC. The lowest BCUT2D eigenvalue weighted by atomic mass is 10.3. The number of rotatable bonds is 12. The van der Waals surface area contributed by atoms with Gasteiger partial charge in [0, 0.05) is 32.9 Å². The van der Waals surface area contributed by atoms with Gasteiger partial charge in [-0.1, -0.05) is 6.92 Å². The minimum absolute atomic E-state index is 0.332. The highest BCUT2D eigenvalue weighted by atomic mass is 16.5. The molecule has 0 bridgehead atoms. The fraction of sp³-hybridized carbons (Fsp3) is 1.00. The van der Waals surface area contributed by atoms with Crippen LogP contribution >= 0.6 is 0 Å². The fourth-order valence-corrected chi connectivity index (χ4v) is 1.59. The second kappa shape index (κ2) is 9.83. The molecule has 1 aliphatic carbocycles. The number of ether oxygens (including phenoxy) is 3. The topological polar surface area (TPSA) is 39.7 Å². The Morgan fingerprint density at radius 2 is 2.00 bits per heavy atom. The molecular formula is C13H27NO3. The maximum absolute atomic E-state index is 5.76. The van der Waals surface area contributed by atoms with Crippen molar-refractivity contribution in [1.29, 1.82) is 0 Å². The molecule has 0 aromatic rings. The molecule has 1 fully saturated rings. The molecule has 4 nitrogen and oxygen atoms in total. The van der Waals surface area contributed by atoms with Crippen LogP contribution in [0.4, 0.5) is 0 Å². The predicted molar refractivity (Wildman–Crippen MR) is 68.4 cm³/mol. The largest absolute Gasteiger partial charge is 0.385 e. The second-order valence-corrected chi connectivity index (χ2v) is 4.54. The van der Waals surface area contributed by atoms with Crippen molar-refractivity contribution in [3.63, 3.8) is 0 Å². The Labute approximate surface area is 105 Å². The molecule has 4 heteroatoms. The van der Waals surface area contributed by atoms with Gasteiger partial charge in [0.15, 0.2) is 0 Å². The third-order valence-corrected chi connectivity index (χ3v) is 2.89. The molecule has 1 rings (SSSR count). The van der Waals surface area contributed by atoms with E-state index in [1.165, 1.54) is 12.8 Å². The van der Waals surface area contributed by atoms with Gasteiger partial charge in [-0.25, -0.2) is 0 Å². The Kier molecular flexibility index (Phi) is 8.61. The highest BCUT2D eigenvalue weighted by Gasteiger charge is 2.21. The zero-order valence-electron chi connectivity index (χ0n) is 11.2. The number of hydrogen-bond acceptors (Lipinski definition) is 4. The van der Waals surface area contributed by atoms with Crippen LogP contribution in [0.5, 0.6) is 0 Å². The first-order chi connectivity index (χ1) is 8.36. The minimum Gasteiger partial charge on any atom is -0.385 e. The summed E-state index contributed by atoms with van der Waals surface area (Å²) in [6.07, 6.45) is 5.01. The molecule has 1 saturated carbocycles. The molecule has 0 aromatic carbocycles. The quantitative estimate of drug-likeness (QED) is 0.530. The highest BCUT2D eigenvalue weighted by Crippen LogP contribution is 2.18. The molecule has 17 heavy (non-hydrogen) atoms. The van der Waals surface area contributed by atoms with Gasteiger partial charge in [0.1, 0.15) is 0 Å². The summed E-state index contributed by atoms with van der Waals surface area (Å²) in [7, 11) is 1.71. The van der Waals surface area contributed by atoms with Gasteiger partial charge >= 0.3 is 0 Å². The van der Waals surface area contributed by atoms with E-state index in [9.17, 15) is 0 Å². The van der Waals surface area contributed by atoms with E-state index in [2.05, 4.69) is 12.2 Å². The first-order valence-corrected chi connectivity index (χ1v) is 6.78. The van der Waals surface area contributed by atoms with Crippen molar-refractivity contribution >= 4 is 0 Å². The third kappa shape index (κ3) is 8.55. The summed E-state index contributed by atoms with van der Waals surface area (Å²) in [6.45, 7) is 6.04. The van der Waals surface area contributed by atoms with Crippen LogP contribution in [0, 0.1) is 0 Å². The van der Waals surface area contributed by atoms with Crippen LogP contribution in [-0.2, 0) is 14.2 Å². The fourth-order valence-electron chi connectivity index (χ4n) is 1.59. The van der Waals surface area contributed by atoms with Crippen LogP contribution in [0.15, 0.2) is 0 Å². The van der Waals surface area contributed by atoms with Gasteiger partial charge in [0.2, 0.25) is 0 Å². The normalized spacial score (nSPS) is 17.3. The van der Waals surface area contributed by atoms with Gasteiger partial charge in [-0.05, 0) is 25.7 Å². The van der Waals surface area contributed by atoms with Crippen LogP contribution in [0.3, 0.4) is 0 Å². The molecule has 1 atom stereocenters. The Hall–Kier alpha value is -0.160. The van der Waals surface area contributed by atoms with Crippen molar-refractivity contribution in [2.24, 2.45) is 0 Å². The van der Waals surface area contributed by atoms with Crippen LogP contribution < -0.4 is 5.32 Å². The van der Waals surface area contributed by atoms with Crippen molar-refractivity contribution in [3.8, 4) is 0 Å². The number of hydrogen-bond donors (Lipinski definition) is 1. The summed E-state index contributed by atoms with van der Waals surface area (Å²) in [5.41, 5.74) is 0. The van der Waals surface area contributed by atoms with Gasteiger partial charge in [-0.2, -0.15) is 0 Å². The van der Waals surface area contributed by atoms with E-state index in [1.54, 1.807) is 7.11 Å². The van der Waals surface area contributed by atoms with Crippen LogP contribution in [0.25, 0.3) is 0 Å². The lowest BCUT2D eigenvalue weighted by Gasteiger charge is -2.16. The summed E-state index contributed by atoms with van der Waals surface area (Å²) >= 11 is 0. The van der Waals surface area contributed by atoms with E-state index in [0.717, 1.165) is 38.6 Å². The predicted octanol–water partition coefficient (Wildman–Crippen LogP) is 1.59. The van der Waals surface area contributed by atoms with E-state index >= 15 is 0 Å². The molecule has 0 aromatic heterocycles. The molecule has 0 saturated heterocycles. The first kappa shape index (κ1) is 14.9. The Bertz CT molecular complexity index is 174. The van der Waals surface area contributed by atoms with Gasteiger partial charge < -0.3 is 19.5 Å². The minimum atomic E-state index is 0.332. The van der Waals surface area contributed by atoms with E-state index < -0.39 is 0 Å². The van der Waals surface area contributed by atoms with Crippen LogP contribution in [0.2, 0.25) is 0 Å². The molecule has 1 unspecified atom stereocenters. The van der Waals surface area contributed by atoms with Crippen molar-refractivity contribution < 1.29 is 14.2 Å². The Balaban J connectivity index is 1.84. The highest BCUT2D eigenvalue weighted by molar-refractivity contribution is 4.81. The van der Waals surface area contributed by atoms with Crippen molar-refractivity contribution in [1.82, 2.24) is 5.32 Å². The zero-order chi connectivity index (χ0) is 12.3. The summed E-state index contributed by atoms with van der Waals surface area (Å²) in [6, 6.07) is 0.762. The van der Waals surface area contributed by atoms with Crippen LogP contribution in [-0.4, -0.2) is 52.2 Å². The molecule has 1 N–H and O–H groups in total. The molecule has 0 aliphatic heterocycles. The van der Waals surface area contributed by atoms with Crippen molar-refractivity contribution in [2.45, 2.75) is 44.8 Å². The first-order valence-electron chi connectivity index (χ1n) is 6.78.